The maximum Gasteiger partial charge on any atom is 0.223 e. The fraction of sp³-hybridized carbons (Fsp3) is 0.462. The highest BCUT2D eigenvalue weighted by atomic mass is 16.5. The fourth-order valence-electron chi connectivity index (χ4n) is 2.21. The van der Waals surface area contributed by atoms with Crippen molar-refractivity contribution < 1.29 is 4.74 Å². The zero-order valence-electron chi connectivity index (χ0n) is 10.9. The molecule has 0 aliphatic carbocycles. The van der Waals surface area contributed by atoms with E-state index in [-0.39, 0.29) is 6.10 Å². The van der Waals surface area contributed by atoms with Gasteiger partial charge in [-0.05, 0) is 25.8 Å². The van der Waals surface area contributed by atoms with Gasteiger partial charge in [0.15, 0.2) is 0 Å². The molecule has 6 nitrogen and oxygen atoms in total. The molecule has 1 unspecified atom stereocenters. The zero-order valence-corrected chi connectivity index (χ0v) is 10.9. The van der Waals surface area contributed by atoms with E-state index < -0.39 is 0 Å². The third kappa shape index (κ3) is 2.73. The van der Waals surface area contributed by atoms with Crippen molar-refractivity contribution in [2.75, 3.05) is 18.5 Å². The van der Waals surface area contributed by atoms with E-state index >= 15 is 0 Å². The lowest BCUT2D eigenvalue weighted by Crippen LogP contribution is -2.19. The smallest absolute Gasteiger partial charge is 0.223 e. The topological polar surface area (TPSA) is 75.7 Å². The highest BCUT2D eigenvalue weighted by Gasteiger charge is 2.15. The van der Waals surface area contributed by atoms with Gasteiger partial charge in [0.1, 0.15) is 0 Å². The van der Waals surface area contributed by atoms with E-state index in [1.807, 2.05) is 13.0 Å². The molecule has 1 aliphatic rings. The summed E-state index contributed by atoms with van der Waals surface area (Å²) in [5.74, 6) is 0.633. The van der Waals surface area contributed by atoms with Crippen molar-refractivity contribution in [3.63, 3.8) is 0 Å². The lowest BCUT2D eigenvalue weighted by molar-refractivity contribution is 0.120. The van der Waals surface area contributed by atoms with Gasteiger partial charge in [0.2, 0.25) is 5.95 Å². The molecule has 0 radical (unpaired) electrons. The largest absolute Gasteiger partial charge is 0.376 e. The summed E-state index contributed by atoms with van der Waals surface area (Å²) in [5, 5.41) is 10.2. The minimum absolute atomic E-state index is 0.280. The van der Waals surface area contributed by atoms with Gasteiger partial charge >= 0.3 is 0 Å². The molecule has 3 rings (SSSR count). The molecule has 2 aromatic rings. The predicted octanol–water partition coefficient (Wildman–Crippen LogP) is 1.77. The quantitative estimate of drug-likeness (QED) is 0.875. The highest BCUT2D eigenvalue weighted by molar-refractivity contribution is 5.61. The first-order valence-corrected chi connectivity index (χ1v) is 6.52. The van der Waals surface area contributed by atoms with Crippen LogP contribution in [0, 0.1) is 6.92 Å². The van der Waals surface area contributed by atoms with E-state index in [9.17, 15) is 0 Å². The van der Waals surface area contributed by atoms with E-state index in [0.717, 1.165) is 42.9 Å². The normalized spacial score (nSPS) is 18.7. The van der Waals surface area contributed by atoms with Crippen LogP contribution in [0.5, 0.6) is 0 Å². The third-order valence-corrected chi connectivity index (χ3v) is 3.27. The Balaban J connectivity index is 1.71. The monoisotopic (exact) mass is 259 g/mol. The number of hydrogen-bond donors (Lipinski definition) is 2. The van der Waals surface area contributed by atoms with Crippen molar-refractivity contribution in [1.29, 1.82) is 0 Å². The summed E-state index contributed by atoms with van der Waals surface area (Å²) in [5.41, 5.74) is 2.88. The Hall–Kier alpha value is -1.95. The molecule has 0 bridgehead atoms. The average Bonchev–Trinajstić information content (AvgIpc) is 3.08. The maximum absolute atomic E-state index is 5.56. The van der Waals surface area contributed by atoms with E-state index in [4.69, 9.17) is 4.74 Å². The number of nitrogens with one attached hydrogen (secondary N) is 2. The minimum Gasteiger partial charge on any atom is -0.376 e. The van der Waals surface area contributed by atoms with Crippen molar-refractivity contribution in [2.45, 2.75) is 25.9 Å². The number of nitrogens with zero attached hydrogens (tertiary/aromatic N) is 3. The van der Waals surface area contributed by atoms with Crippen LogP contribution in [0.4, 0.5) is 5.95 Å². The molecule has 0 amide bonds. The zero-order chi connectivity index (χ0) is 13.1. The first kappa shape index (κ1) is 12.1. The van der Waals surface area contributed by atoms with Crippen LogP contribution in [0.1, 0.15) is 18.5 Å². The Morgan fingerprint density at radius 3 is 3.21 bits per heavy atom. The Morgan fingerprint density at radius 2 is 2.47 bits per heavy atom. The number of hydrogen-bond acceptors (Lipinski definition) is 5. The Bertz CT molecular complexity index is 547. The second kappa shape index (κ2) is 5.36. The SMILES string of the molecule is Cc1[nH]ncc1-c1ccnc(NCC2CCCO2)n1. The third-order valence-electron chi connectivity index (χ3n) is 3.27. The Labute approximate surface area is 111 Å². The van der Waals surface area contributed by atoms with E-state index in [2.05, 4.69) is 25.5 Å². The second-order valence-electron chi connectivity index (χ2n) is 4.69. The van der Waals surface area contributed by atoms with Crippen molar-refractivity contribution in [1.82, 2.24) is 20.2 Å². The van der Waals surface area contributed by atoms with Gasteiger partial charge in [-0.2, -0.15) is 5.10 Å². The summed E-state index contributed by atoms with van der Waals surface area (Å²) >= 11 is 0. The van der Waals surface area contributed by atoms with Crippen LogP contribution in [0.15, 0.2) is 18.5 Å². The van der Waals surface area contributed by atoms with Gasteiger partial charge in [-0.3, -0.25) is 5.10 Å². The molecule has 1 saturated heterocycles. The van der Waals surface area contributed by atoms with Crippen LogP contribution in [-0.4, -0.2) is 39.4 Å². The Kier molecular flexibility index (Phi) is 3.41. The van der Waals surface area contributed by atoms with E-state index in [1.165, 1.54) is 0 Å². The first-order valence-electron chi connectivity index (χ1n) is 6.52. The van der Waals surface area contributed by atoms with Gasteiger partial charge in [0.05, 0.1) is 18.0 Å². The summed E-state index contributed by atoms with van der Waals surface area (Å²) in [7, 11) is 0. The van der Waals surface area contributed by atoms with Crippen LogP contribution in [0.3, 0.4) is 0 Å². The standard InChI is InChI=1S/C13H17N5O/c1-9-11(8-16-18-9)12-4-5-14-13(17-12)15-7-10-3-2-6-19-10/h4-5,8,10H,2-3,6-7H2,1H3,(H,16,18)(H,14,15,17). The van der Waals surface area contributed by atoms with E-state index in [1.54, 1.807) is 12.4 Å². The van der Waals surface area contributed by atoms with Crippen LogP contribution >= 0.6 is 0 Å². The van der Waals surface area contributed by atoms with E-state index in [0.29, 0.717) is 5.95 Å². The predicted molar refractivity (Wildman–Crippen MR) is 71.8 cm³/mol. The number of aryl methyl sites for hydroxylation is 1. The molecule has 3 heterocycles. The Morgan fingerprint density at radius 1 is 1.53 bits per heavy atom. The van der Waals surface area contributed by atoms with Gasteiger partial charge in [-0.25, -0.2) is 9.97 Å². The minimum atomic E-state index is 0.280. The maximum atomic E-state index is 5.56. The number of aromatic nitrogens is 4. The van der Waals surface area contributed by atoms with Crippen LogP contribution in [-0.2, 0) is 4.74 Å². The molecule has 0 aromatic carbocycles. The van der Waals surface area contributed by atoms with Gasteiger partial charge in [-0.1, -0.05) is 0 Å². The molecular weight excluding hydrogens is 242 g/mol. The molecule has 6 heteroatoms. The molecule has 1 fully saturated rings. The summed E-state index contributed by atoms with van der Waals surface area (Å²) in [6.45, 7) is 3.60. The van der Waals surface area contributed by atoms with Gasteiger partial charge in [0.25, 0.3) is 0 Å². The molecule has 0 saturated carbocycles. The number of aromatic amines is 1. The summed E-state index contributed by atoms with van der Waals surface area (Å²) in [6, 6.07) is 1.88. The molecule has 0 spiro atoms. The number of ether oxygens (including phenoxy) is 1. The van der Waals surface area contributed by atoms with Crippen molar-refractivity contribution in [3.8, 4) is 11.3 Å². The fourth-order valence-corrected chi connectivity index (χ4v) is 2.21. The molecule has 1 aliphatic heterocycles. The molecule has 100 valence electrons. The van der Waals surface area contributed by atoms with Crippen LogP contribution < -0.4 is 5.32 Å². The van der Waals surface area contributed by atoms with Crippen molar-refractivity contribution in [2.24, 2.45) is 0 Å². The second-order valence-corrected chi connectivity index (χ2v) is 4.69. The lowest BCUT2D eigenvalue weighted by Gasteiger charge is -2.10. The van der Waals surface area contributed by atoms with Crippen LogP contribution in [0.2, 0.25) is 0 Å². The molecule has 2 aromatic heterocycles. The summed E-state index contributed by atoms with van der Waals surface area (Å²) in [4.78, 5) is 8.73. The van der Waals surface area contributed by atoms with Gasteiger partial charge in [-0.15, -0.1) is 0 Å². The highest BCUT2D eigenvalue weighted by Crippen LogP contribution is 2.19. The van der Waals surface area contributed by atoms with Crippen molar-refractivity contribution in [3.05, 3.63) is 24.2 Å². The van der Waals surface area contributed by atoms with Gasteiger partial charge < -0.3 is 10.1 Å². The number of rotatable bonds is 4. The number of H-pyrrole nitrogens is 1. The average molecular weight is 259 g/mol. The van der Waals surface area contributed by atoms with Crippen LogP contribution in [0.25, 0.3) is 11.3 Å². The molecule has 1 atom stereocenters. The van der Waals surface area contributed by atoms with Crippen molar-refractivity contribution >= 4 is 5.95 Å². The summed E-state index contributed by atoms with van der Waals surface area (Å²) in [6.07, 6.45) is 6.06. The summed E-state index contributed by atoms with van der Waals surface area (Å²) < 4.78 is 5.56. The molecular formula is C13H17N5O. The van der Waals surface area contributed by atoms with Gasteiger partial charge in [0, 0.05) is 30.6 Å². The lowest BCUT2D eigenvalue weighted by atomic mass is 10.2. The molecule has 2 N–H and O–H groups in total. The first-order chi connectivity index (χ1) is 9.33. The number of anilines is 1. The molecule has 19 heavy (non-hydrogen) atoms.